The predicted octanol–water partition coefficient (Wildman–Crippen LogP) is 0.499. The van der Waals surface area contributed by atoms with Gasteiger partial charge in [0, 0.05) is 0 Å². The van der Waals surface area contributed by atoms with E-state index in [0.717, 1.165) is 12.5 Å². The third-order valence-electron chi connectivity index (χ3n) is 1.71. The molecule has 0 unspecified atom stereocenters. The van der Waals surface area contributed by atoms with Crippen molar-refractivity contribution in [1.82, 2.24) is 14.9 Å². The van der Waals surface area contributed by atoms with Crippen LogP contribution >= 0.6 is 0 Å². The molecule has 0 saturated heterocycles. The average molecular weight is 251 g/mol. The SMILES string of the molecule is O=C(O)CN(CC(F)(F)F)C(=O)c1cnc[nH]1. The van der Waals surface area contributed by atoms with E-state index >= 15 is 0 Å². The van der Waals surface area contributed by atoms with Gasteiger partial charge in [-0.05, 0) is 0 Å². The Bertz CT molecular complexity index is 402. The molecule has 1 rings (SSSR count). The molecule has 0 radical (unpaired) electrons. The van der Waals surface area contributed by atoms with Gasteiger partial charge in [-0.1, -0.05) is 0 Å². The Balaban J connectivity index is 2.83. The van der Waals surface area contributed by atoms with Crippen molar-refractivity contribution in [3.8, 4) is 0 Å². The van der Waals surface area contributed by atoms with Crippen LogP contribution in [-0.2, 0) is 4.79 Å². The summed E-state index contributed by atoms with van der Waals surface area (Å²) in [5, 5.41) is 8.44. The number of carbonyl (C=O) groups excluding carboxylic acids is 1. The molecular weight excluding hydrogens is 243 g/mol. The zero-order valence-corrected chi connectivity index (χ0v) is 8.36. The molecule has 94 valence electrons. The number of aromatic amines is 1. The van der Waals surface area contributed by atoms with Crippen molar-refractivity contribution in [2.75, 3.05) is 13.1 Å². The summed E-state index contributed by atoms with van der Waals surface area (Å²) in [7, 11) is 0. The van der Waals surface area contributed by atoms with E-state index in [2.05, 4.69) is 9.97 Å². The third kappa shape index (κ3) is 4.13. The maximum absolute atomic E-state index is 12.1. The van der Waals surface area contributed by atoms with Gasteiger partial charge in [0.1, 0.15) is 18.8 Å². The molecular formula is C8H8F3N3O3. The van der Waals surface area contributed by atoms with E-state index in [1.807, 2.05) is 0 Å². The van der Waals surface area contributed by atoms with Crippen molar-refractivity contribution in [2.45, 2.75) is 6.18 Å². The van der Waals surface area contributed by atoms with Crippen LogP contribution in [0.3, 0.4) is 0 Å². The minimum Gasteiger partial charge on any atom is -0.480 e. The number of aromatic nitrogens is 2. The fourth-order valence-corrected chi connectivity index (χ4v) is 1.12. The van der Waals surface area contributed by atoms with Crippen LogP contribution in [0.4, 0.5) is 13.2 Å². The molecule has 0 bridgehead atoms. The van der Waals surface area contributed by atoms with Crippen LogP contribution in [0.5, 0.6) is 0 Å². The lowest BCUT2D eigenvalue weighted by Gasteiger charge is -2.21. The molecule has 9 heteroatoms. The zero-order chi connectivity index (χ0) is 13.1. The number of nitrogens with one attached hydrogen (secondary N) is 1. The van der Waals surface area contributed by atoms with Gasteiger partial charge in [0.15, 0.2) is 0 Å². The molecule has 0 aliphatic carbocycles. The normalized spacial score (nSPS) is 11.2. The fourth-order valence-electron chi connectivity index (χ4n) is 1.12. The highest BCUT2D eigenvalue weighted by molar-refractivity contribution is 5.93. The van der Waals surface area contributed by atoms with Crippen LogP contribution in [0, 0.1) is 0 Å². The highest BCUT2D eigenvalue weighted by Gasteiger charge is 2.34. The quantitative estimate of drug-likeness (QED) is 0.815. The summed E-state index contributed by atoms with van der Waals surface area (Å²) in [6, 6.07) is 0. The van der Waals surface area contributed by atoms with Crippen molar-refractivity contribution >= 4 is 11.9 Å². The van der Waals surface area contributed by atoms with Crippen LogP contribution in [0.25, 0.3) is 0 Å². The monoisotopic (exact) mass is 251 g/mol. The molecule has 0 spiro atoms. The number of hydrogen-bond donors (Lipinski definition) is 2. The van der Waals surface area contributed by atoms with Crippen molar-refractivity contribution in [1.29, 1.82) is 0 Å². The second kappa shape index (κ2) is 4.85. The lowest BCUT2D eigenvalue weighted by Crippen LogP contribution is -2.42. The summed E-state index contributed by atoms with van der Waals surface area (Å²) < 4.78 is 36.4. The van der Waals surface area contributed by atoms with E-state index in [-0.39, 0.29) is 10.6 Å². The van der Waals surface area contributed by atoms with Gasteiger partial charge >= 0.3 is 12.1 Å². The summed E-state index contributed by atoms with van der Waals surface area (Å²) >= 11 is 0. The van der Waals surface area contributed by atoms with Gasteiger partial charge in [0.2, 0.25) is 0 Å². The maximum atomic E-state index is 12.1. The molecule has 0 fully saturated rings. The van der Waals surface area contributed by atoms with Gasteiger partial charge in [0.05, 0.1) is 12.5 Å². The van der Waals surface area contributed by atoms with E-state index < -0.39 is 31.1 Å². The van der Waals surface area contributed by atoms with Crippen molar-refractivity contribution < 1.29 is 27.9 Å². The summed E-state index contributed by atoms with van der Waals surface area (Å²) in [6.07, 6.45) is -2.53. The number of imidazole rings is 1. The number of alkyl halides is 3. The summed E-state index contributed by atoms with van der Waals surface area (Å²) in [6.45, 7) is -2.66. The second-order valence-electron chi connectivity index (χ2n) is 3.14. The molecule has 0 saturated carbocycles. The fraction of sp³-hybridized carbons (Fsp3) is 0.375. The third-order valence-corrected chi connectivity index (χ3v) is 1.71. The van der Waals surface area contributed by atoms with Crippen molar-refractivity contribution in [3.05, 3.63) is 18.2 Å². The zero-order valence-electron chi connectivity index (χ0n) is 8.36. The first-order valence-corrected chi connectivity index (χ1v) is 4.36. The molecule has 1 amide bonds. The van der Waals surface area contributed by atoms with Crippen LogP contribution in [-0.4, -0.2) is 51.1 Å². The predicted molar refractivity (Wildman–Crippen MR) is 48.2 cm³/mol. The molecule has 17 heavy (non-hydrogen) atoms. The Hall–Kier alpha value is -2.06. The Morgan fingerprint density at radius 1 is 1.47 bits per heavy atom. The van der Waals surface area contributed by atoms with Crippen LogP contribution in [0.15, 0.2) is 12.5 Å². The van der Waals surface area contributed by atoms with Gasteiger partial charge in [-0.15, -0.1) is 0 Å². The second-order valence-corrected chi connectivity index (χ2v) is 3.14. The number of aliphatic carboxylic acids is 1. The average Bonchev–Trinajstić information content (AvgIpc) is 2.65. The van der Waals surface area contributed by atoms with Gasteiger partial charge < -0.3 is 15.0 Å². The smallest absolute Gasteiger partial charge is 0.406 e. The van der Waals surface area contributed by atoms with Gasteiger partial charge in [0.25, 0.3) is 5.91 Å². The molecule has 2 N–H and O–H groups in total. The highest BCUT2D eigenvalue weighted by atomic mass is 19.4. The van der Waals surface area contributed by atoms with Crippen molar-refractivity contribution in [3.63, 3.8) is 0 Å². The minimum atomic E-state index is -4.66. The van der Waals surface area contributed by atoms with E-state index in [4.69, 9.17) is 5.11 Å². The molecule has 0 atom stereocenters. The summed E-state index contributed by atoms with van der Waals surface area (Å²) in [5.74, 6) is -2.59. The Labute approximate surface area is 93.1 Å². The van der Waals surface area contributed by atoms with Gasteiger partial charge in [-0.25, -0.2) is 4.98 Å². The number of carbonyl (C=O) groups is 2. The van der Waals surface area contributed by atoms with Crippen molar-refractivity contribution in [2.24, 2.45) is 0 Å². The molecule has 0 aromatic carbocycles. The number of hydrogen-bond acceptors (Lipinski definition) is 3. The molecule has 6 nitrogen and oxygen atoms in total. The Morgan fingerprint density at radius 3 is 2.53 bits per heavy atom. The molecule has 1 aromatic heterocycles. The lowest BCUT2D eigenvalue weighted by molar-refractivity contribution is -0.149. The van der Waals surface area contributed by atoms with E-state index in [9.17, 15) is 22.8 Å². The summed E-state index contributed by atoms with van der Waals surface area (Å²) in [4.78, 5) is 27.9. The number of H-pyrrole nitrogens is 1. The largest absolute Gasteiger partial charge is 0.480 e. The molecule has 1 heterocycles. The van der Waals surface area contributed by atoms with E-state index in [0.29, 0.717) is 0 Å². The molecule has 0 aliphatic rings. The Morgan fingerprint density at radius 2 is 2.12 bits per heavy atom. The number of rotatable bonds is 4. The van der Waals surface area contributed by atoms with Crippen LogP contribution in [0.1, 0.15) is 10.5 Å². The van der Waals surface area contributed by atoms with Gasteiger partial charge in [-0.3, -0.25) is 9.59 Å². The van der Waals surface area contributed by atoms with Gasteiger partial charge in [-0.2, -0.15) is 13.2 Å². The first-order chi connectivity index (χ1) is 7.79. The highest BCUT2D eigenvalue weighted by Crippen LogP contribution is 2.17. The first-order valence-electron chi connectivity index (χ1n) is 4.36. The van der Waals surface area contributed by atoms with E-state index in [1.54, 1.807) is 0 Å². The topological polar surface area (TPSA) is 86.3 Å². The number of halogens is 3. The maximum Gasteiger partial charge on any atom is 0.406 e. The molecule has 0 aliphatic heterocycles. The first kappa shape index (κ1) is 13.0. The lowest BCUT2D eigenvalue weighted by atomic mass is 10.3. The standard InChI is InChI=1S/C8H8F3N3O3/c9-8(10,11)3-14(2-6(15)16)7(17)5-1-12-4-13-5/h1,4H,2-3H2,(H,12,13)(H,15,16). The summed E-state index contributed by atoms with van der Waals surface area (Å²) in [5.41, 5.74) is -0.199. The number of carboxylic acids is 1. The van der Waals surface area contributed by atoms with Crippen LogP contribution < -0.4 is 0 Å². The number of nitrogens with zero attached hydrogens (tertiary/aromatic N) is 2. The number of carboxylic acid groups (broad SMARTS) is 1. The minimum absolute atomic E-state index is 0.176. The van der Waals surface area contributed by atoms with E-state index in [1.165, 1.54) is 0 Å². The van der Waals surface area contributed by atoms with Crippen LogP contribution in [0.2, 0.25) is 0 Å². The Kier molecular flexibility index (Phi) is 3.71. The molecule has 1 aromatic rings. The number of amides is 1.